The van der Waals surface area contributed by atoms with Crippen molar-refractivity contribution in [2.75, 3.05) is 5.73 Å². The molecular formula is C14H12ClN3S. The first kappa shape index (κ1) is 12.4. The first-order valence-electron chi connectivity index (χ1n) is 5.84. The van der Waals surface area contributed by atoms with Crippen molar-refractivity contribution < 1.29 is 0 Å². The van der Waals surface area contributed by atoms with Crippen LogP contribution in [0.3, 0.4) is 0 Å². The van der Waals surface area contributed by atoms with Crippen molar-refractivity contribution in [3.05, 3.63) is 39.7 Å². The van der Waals surface area contributed by atoms with Crippen LogP contribution >= 0.6 is 22.9 Å². The molecule has 2 N–H and O–H groups in total. The van der Waals surface area contributed by atoms with Gasteiger partial charge in [0.2, 0.25) is 0 Å². The number of fused-ring (bicyclic) bond motifs is 1. The summed E-state index contributed by atoms with van der Waals surface area (Å²) in [6.45, 7) is 3.99. The second-order valence-corrected chi connectivity index (χ2v) is 5.77. The molecule has 0 saturated carbocycles. The summed E-state index contributed by atoms with van der Waals surface area (Å²) in [6, 6.07) is 5.97. The number of nitrogens with zero attached hydrogens (tertiary/aromatic N) is 2. The van der Waals surface area contributed by atoms with E-state index in [0.29, 0.717) is 16.7 Å². The lowest BCUT2D eigenvalue weighted by Crippen LogP contribution is -1.97. The van der Waals surface area contributed by atoms with Crippen LogP contribution in [-0.4, -0.2) is 9.97 Å². The molecule has 0 radical (unpaired) electrons. The number of hydrogen-bond acceptors (Lipinski definition) is 4. The SMILES string of the molecule is Cc1ccc2nc(-c3scc(C)c3Cl)nc(N)c2c1. The third-order valence-corrected chi connectivity index (χ3v) is 4.68. The molecule has 96 valence electrons. The molecule has 2 aromatic heterocycles. The Balaban J connectivity index is 2.27. The molecule has 0 spiro atoms. The van der Waals surface area contributed by atoms with Crippen LogP contribution in [-0.2, 0) is 0 Å². The average Bonchev–Trinajstić information content (AvgIpc) is 2.71. The number of nitrogen functional groups attached to an aromatic ring is 1. The van der Waals surface area contributed by atoms with E-state index in [0.717, 1.165) is 26.9 Å². The molecule has 3 aromatic rings. The van der Waals surface area contributed by atoms with Gasteiger partial charge in [-0.25, -0.2) is 9.97 Å². The van der Waals surface area contributed by atoms with E-state index in [4.69, 9.17) is 17.3 Å². The number of halogens is 1. The van der Waals surface area contributed by atoms with Gasteiger partial charge in [0.25, 0.3) is 0 Å². The molecule has 0 atom stereocenters. The van der Waals surface area contributed by atoms with Gasteiger partial charge in [-0.15, -0.1) is 11.3 Å². The summed E-state index contributed by atoms with van der Waals surface area (Å²) in [5.74, 6) is 1.09. The molecule has 2 heterocycles. The quantitative estimate of drug-likeness (QED) is 0.730. The number of hydrogen-bond donors (Lipinski definition) is 1. The van der Waals surface area contributed by atoms with Crippen LogP contribution < -0.4 is 5.73 Å². The maximum Gasteiger partial charge on any atom is 0.173 e. The van der Waals surface area contributed by atoms with Crippen LogP contribution in [0.1, 0.15) is 11.1 Å². The van der Waals surface area contributed by atoms with Crippen LogP contribution in [0, 0.1) is 13.8 Å². The smallest absolute Gasteiger partial charge is 0.173 e. The third-order valence-electron chi connectivity index (χ3n) is 2.98. The lowest BCUT2D eigenvalue weighted by molar-refractivity contribution is 1.24. The van der Waals surface area contributed by atoms with Crippen molar-refractivity contribution in [1.29, 1.82) is 0 Å². The second-order valence-electron chi connectivity index (χ2n) is 4.51. The fourth-order valence-corrected chi connectivity index (χ4v) is 3.16. The van der Waals surface area contributed by atoms with Crippen LogP contribution in [0.2, 0.25) is 5.02 Å². The summed E-state index contributed by atoms with van der Waals surface area (Å²) in [4.78, 5) is 9.80. The van der Waals surface area contributed by atoms with Gasteiger partial charge in [-0.2, -0.15) is 0 Å². The number of aromatic nitrogens is 2. The molecule has 1 aromatic carbocycles. The van der Waals surface area contributed by atoms with Crippen LogP contribution in [0.4, 0.5) is 5.82 Å². The molecule has 0 fully saturated rings. The topological polar surface area (TPSA) is 51.8 Å². The fourth-order valence-electron chi connectivity index (χ4n) is 1.95. The largest absolute Gasteiger partial charge is 0.383 e. The van der Waals surface area contributed by atoms with Crippen LogP contribution in [0.15, 0.2) is 23.6 Å². The zero-order chi connectivity index (χ0) is 13.6. The van der Waals surface area contributed by atoms with Gasteiger partial charge in [-0.3, -0.25) is 0 Å². The Morgan fingerprint density at radius 3 is 2.68 bits per heavy atom. The first-order valence-corrected chi connectivity index (χ1v) is 7.10. The highest BCUT2D eigenvalue weighted by molar-refractivity contribution is 7.14. The zero-order valence-electron chi connectivity index (χ0n) is 10.6. The lowest BCUT2D eigenvalue weighted by atomic mass is 10.1. The predicted molar refractivity (Wildman–Crippen MR) is 81.7 cm³/mol. The number of benzene rings is 1. The van der Waals surface area contributed by atoms with Crippen molar-refractivity contribution in [1.82, 2.24) is 9.97 Å². The lowest BCUT2D eigenvalue weighted by Gasteiger charge is -2.05. The van der Waals surface area contributed by atoms with Gasteiger partial charge in [0, 0.05) is 5.39 Å². The van der Waals surface area contributed by atoms with E-state index < -0.39 is 0 Å². The third kappa shape index (κ3) is 2.07. The van der Waals surface area contributed by atoms with Gasteiger partial charge in [-0.1, -0.05) is 23.2 Å². The second kappa shape index (κ2) is 4.47. The minimum absolute atomic E-state index is 0.491. The number of thiophene rings is 1. The van der Waals surface area contributed by atoms with E-state index in [1.165, 1.54) is 11.3 Å². The highest BCUT2D eigenvalue weighted by atomic mass is 35.5. The molecule has 5 heteroatoms. The van der Waals surface area contributed by atoms with Gasteiger partial charge < -0.3 is 5.73 Å². The van der Waals surface area contributed by atoms with E-state index in [2.05, 4.69) is 9.97 Å². The normalized spacial score (nSPS) is 11.1. The predicted octanol–water partition coefficient (Wildman–Crippen LogP) is 4.21. The van der Waals surface area contributed by atoms with Crippen molar-refractivity contribution in [2.24, 2.45) is 0 Å². The Kier molecular flexibility index (Phi) is 2.92. The van der Waals surface area contributed by atoms with Crippen LogP contribution in [0.5, 0.6) is 0 Å². The Hall–Kier alpha value is -1.65. The molecular weight excluding hydrogens is 278 g/mol. The summed E-state index contributed by atoms with van der Waals surface area (Å²) in [5.41, 5.74) is 9.05. The molecule has 0 aliphatic rings. The molecule has 0 aliphatic heterocycles. The minimum atomic E-state index is 0.491. The first-order chi connectivity index (χ1) is 9.06. The average molecular weight is 290 g/mol. The summed E-state index contributed by atoms with van der Waals surface area (Å²) < 4.78 is 0. The Morgan fingerprint density at radius 1 is 1.21 bits per heavy atom. The van der Waals surface area contributed by atoms with Crippen LogP contribution in [0.25, 0.3) is 21.6 Å². The summed E-state index contributed by atoms with van der Waals surface area (Å²) in [7, 11) is 0. The number of nitrogens with two attached hydrogens (primary N) is 1. The molecule has 0 unspecified atom stereocenters. The number of anilines is 1. The Bertz CT molecular complexity index is 780. The van der Waals surface area contributed by atoms with E-state index in [-0.39, 0.29) is 0 Å². The van der Waals surface area contributed by atoms with E-state index in [9.17, 15) is 0 Å². The van der Waals surface area contributed by atoms with Gasteiger partial charge in [-0.05, 0) is 36.9 Å². The standard InChI is InChI=1S/C14H12ClN3S/c1-7-3-4-10-9(5-7)13(16)18-14(17-10)12-11(15)8(2)6-19-12/h3-6H,1-2H3,(H2,16,17,18). The fraction of sp³-hybridized carbons (Fsp3) is 0.143. The highest BCUT2D eigenvalue weighted by Gasteiger charge is 2.13. The highest BCUT2D eigenvalue weighted by Crippen LogP contribution is 2.35. The summed E-state index contributed by atoms with van der Waals surface area (Å²) >= 11 is 7.80. The van der Waals surface area contributed by atoms with E-state index in [1.807, 2.05) is 37.4 Å². The Morgan fingerprint density at radius 2 is 2.00 bits per heavy atom. The van der Waals surface area contributed by atoms with Gasteiger partial charge >= 0.3 is 0 Å². The molecule has 0 amide bonds. The monoisotopic (exact) mass is 289 g/mol. The van der Waals surface area contributed by atoms with Gasteiger partial charge in [0.05, 0.1) is 15.4 Å². The molecule has 3 nitrogen and oxygen atoms in total. The van der Waals surface area contributed by atoms with Crippen molar-refractivity contribution in [2.45, 2.75) is 13.8 Å². The maximum absolute atomic E-state index is 6.26. The maximum atomic E-state index is 6.26. The summed E-state index contributed by atoms with van der Waals surface area (Å²) in [5, 5.41) is 3.58. The summed E-state index contributed by atoms with van der Waals surface area (Å²) in [6.07, 6.45) is 0. The molecule has 0 saturated heterocycles. The Labute approximate surface area is 120 Å². The van der Waals surface area contributed by atoms with E-state index in [1.54, 1.807) is 0 Å². The number of rotatable bonds is 1. The molecule has 19 heavy (non-hydrogen) atoms. The van der Waals surface area contributed by atoms with E-state index >= 15 is 0 Å². The molecule has 0 aliphatic carbocycles. The molecule has 3 rings (SSSR count). The van der Waals surface area contributed by atoms with Crippen molar-refractivity contribution in [3.8, 4) is 10.7 Å². The molecule has 0 bridgehead atoms. The number of aryl methyl sites for hydroxylation is 2. The van der Waals surface area contributed by atoms with Gasteiger partial charge in [0.15, 0.2) is 5.82 Å². The zero-order valence-corrected chi connectivity index (χ0v) is 12.1. The van der Waals surface area contributed by atoms with Gasteiger partial charge in [0.1, 0.15) is 5.82 Å². The van der Waals surface area contributed by atoms with Crippen molar-refractivity contribution in [3.63, 3.8) is 0 Å². The minimum Gasteiger partial charge on any atom is -0.383 e. The van der Waals surface area contributed by atoms with Crippen molar-refractivity contribution >= 4 is 39.7 Å².